The van der Waals surface area contributed by atoms with Crippen LogP contribution < -0.4 is 0 Å². The zero-order valence-corrected chi connectivity index (χ0v) is 26.7. The summed E-state index contributed by atoms with van der Waals surface area (Å²) in [5.74, 6) is 0. The van der Waals surface area contributed by atoms with Crippen molar-refractivity contribution in [2.75, 3.05) is 0 Å². The number of rotatable bonds is 0. The second kappa shape index (κ2) is 11.4. The predicted octanol–water partition coefficient (Wildman–Crippen LogP) is -0.946. The van der Waals surface area contributed by atoms with Gasteiger partial charge >= 0.3 is 298 Å². The van der Waals surface area contributed by atoms with Gasteiger partial charge in [-0.1, -0.05) is 0 Å². The molecule has 0 unspecified atom stereocenters. The van der Waals surface area contributed by atoms with Crippen LogP contribution in [0, 0.1) is 123 Å². The maximum Gasteiger partial charge on any atom is 2.00 e. The Morgan fingerprint density at radius 2 is 0.310 bits per heavy atom. The van der Waals surface area contributed by atoms with Gasteiger partial charge in [-0.3, -0.25) is 0 Å². The van der Waals surface area contributed by atoms with E-state index in [0.29, 0.717) is 0 Å². The second-order valence-electron chi connectivity index (χ2n) is 3.60. The van der Waals surface area contributed by atoms with Gasteiger partial charge in [0.25, 0.3) is 0 Å². The summed E-state index contributed by atoms with van der Waals surface area (Å²) in [5, 5.41) is 103. The molecule has 0 amide bonds. The number of nitrogens with zero attached hydrogens (tertiary/aromatic N) is 12. The molecule has 0 aliphatic rings. The summed E-state index contributed by atoms with van der Waals surface area (Å²) in [6, 6.07) is 0. The Kier molecular flexibility index (Phi) is 15.5. The summed E-state index contributed by atoms with van der Waals surface area (Å²) in [5.41, 5.74) is 0. The van der Waals surface area contributed by atoms with E-state index in [4.69, 9.17) is 63.1 Å². The van der Waals surface area contributed by atoms with Gasteiger partial charge in [0, 0.05) is 0 Å². The minimum absolute atomic E-state index is 0. The largest absolute Gasteiger partial charge is 2.00 e. The first-order chi connectivity index (χ1) is 11.9. The SMILES string of the molecule is N#[C][Fe-3]([C]#N)([C]#N)([C]#N)([C]#N)[C]#N.N#[C][Fe-3]([C]#N)([C]#N)([C]#N)([C]#N)[C]#N.[K+2].[K+2].[K+2]. The van der Waals surface area contributed by atoms with Crippen molar-refractivity contribution in [2.45, 2.75) is 0 Å². The molecule has 0 aromatic carbocycles. The minimum atomic E-state index is -6.17. The first-order valence-corrected chi connectivity index (χ1v) is 11.4. The van der Waals surface area contributed by atoms with E-state index < -0.39 is 21.5 Å². The number of nitriles is 12. The fraction of sp³-hybridized carbons (Fsp3) is 0. The predicted molar refractivity (Wildman–Crippen MR) is 84.6 cm³/mol. The van der Waals surface area contributed by atoms with Crippen molar-refractivity contribution in [3.05, 3.63) is 0 Å². The van der Waals surface area contributed by atoms with Gasteiger partial charge in [0.15, 0.2) is 0 Å². The summed E-state index contributed by atoms with van der Waals surface area (Å²) in [6.07, 6.45) is 0. The Morgan fingerprint density at radius 1 is 0.241 bits per heavy atom. The van der Waals surface area contributed by atoms with Crippen LogP contribution in [0.2, 0.25) is 0 Å². The van der Waals surface area contributed by atoms with Gasteiger partial charge < -0.3 is 0 Å². The molecule has 0 bridgehead atoms. The van der Waals surface area contributed by atoms with Crippen LogP contribution in [0.15, 0.2) is 0 Å². The molecule has 17 heteroatoms. The van der Waals surface area contributed by atoms with Crippen molar-refractivity contribution in [1.82, 2.24) is 0 Å². The van der Waals surface area contributed by atoms with Gasteiger partial charge in [-0.2, -0.15) is 0 Å². The van der Waals surface area contributed by atoms with Gasteiger partial charge in [0.2, 0.25) is 0 Å². The van der Waals surface area contributed by atoms with Crippen LogP contribution in [0.1, 0.15) is 0 Å². The van der Waals surface area contributed by atoms with Gasteiger partial charge in [-0.15, -0.1) is 0 Å². The van der Waals surface area contributed by atoms with Crippen LogP contribution in [-0.2, 0) is 21.5 Å². The summed E-state index contributed by atoms with van der Waals surface area (Å²) < 4.78 is 0. The van der Waals surface area contributed by atoms with Crippen molar-refractivity contribution in [1.29, 1.82) is 63.1 Å². The molecule has 12 nitrogen and oxygen atoms in total. The molecule has 0 aromatic heterocycles. The Bertz CT molecular complexity index is 890. The summed E-state index contributed by atoms with van der Waals surface area (Å²) in [7, 11) is -12.3. The zero-order chi connectivity index (χ0) is 21.3. The zero-order valence-electron chi connectivity index (χ0n) is 15.1. The molecule has 0 heterocycles. The Labute approximate surface area is 291 Å². The molecule has 0 atom stereocenters. The fourth-order valence-corrected chi connectivity index (χ4v) is 2.19. The molecule has 0 saturated carbocycles. The average Bonchev–Trinajstić information content (AvgIpc) is 2.77. The molecule has 29 heavy (non-hydrogen) atoms. The normalized spacial score (nSPS) is 12.0. The van der Waals surface area contributed by atoms with Crippen LogP contribution >= 0.6 is 0 Å². The van der Waals surface area contributed by atoms with Crippen molar-refractivity contribution < 1.29 is 21.5 Å². The molecule has 127 valence electrons. The van der Waals surface area contributed by atoms with E-state index in [1.54, 1.807) is 0 Å². The molecular formula is C12Fe2K3N12. The molecule has 0 saturated heterocycles. The van der Waals surface area contributed by atoms with Crippen molar-refractivity contribution in [2.24, 2.45) is 0 Å². The monoisotopic (exact) mass is 541 g/mol. The summed E-state index contributed by atoms with van der Waals surface area (Å²) in [6.45, 7) is 0. The second-order valence-corrected chi connectivity index (χ2v) is 14.8. The standard InChI is InChI=1S/12CN.2Fe.3K/c12*1-2;;;;;/q;;;;;;;;;;;;2*-3;3*+2. The van der Waals surface area contributed by atoms with Crippen LogP contribution in [0.5, 0.6) is 0 Å². The fourth-order valence-electron chi connectivity index (χ4n) is 0.530. The molecule has 0 N–H and O–H groups in total. The Hall–Kier alpha value is -0.172. The van der Waals surface area contributed by atoms with Crippen molar-refractivity contribution in [3.63, 3.8) is 0 Å². The third-order valence-corrected chi connectivity index (χ3v) is 9.78. The van der Waals surface area contributed by atoms with E-state index in [9.17, 15) is 0 Å². The molecule has 0 aliphatic heterocycles. The summed E-state index contributed by atoms with van der Waals surface area (Å²) in [4.78, 5) is 12.4. The summed E-state index contributed by atoms with van der Waals surface area (Å²) >= 11 is 0. The molecule has 27 radical (unpaired) electrons. The average molecular weight is 541 g/mol. The van der Waals surface area contributed by atoms with E-state index in [0.717, 1.165) is 59.6 Å². The smallest absolute Gasteiger partial charge is 2.00 e. The molecule has 0 spiro atoms. The quantitative estimate of drug-likeness (QED) is 0.336. The van der Waals surface area contributed by atoms with E-state index in [-0.39, 0.29) is 154 Å². The first-order valence-electron chi connectivity index (χ1n) is 4.80. The molecule has 0 fully saturated rings. The van der Waals surface area contributed by atoms with E-state index >= 15 is 0 Å². The van der Waals surface area contributed by atoms with Gasteiger partial charge in [0.05, 0.1) is 0 Å². The maximum absolute atomic E-state index is 8.58. The van der Waals surface area contributed by atoms with Crippen molar-refractivity contribution in [3.8, 4) is 59.6 Å². The Balaban J connectivity index is -0.000000120. The molecule has 0 rings (SSSR count). The van der Waals surface area contributed by atoms with E-state index in [2.05, 4.69) is 0 Å². The van der Waals surface area contributed by atoms with E-state index in [1.807, 2.05) is 0 Å². The molecule has 0 aliphatic carbocycles. The minimum Gasteiger partial charge on any atom is 2.00 e. The van der Waals surface area contributed by atoms with Crippen molar-refractivity contribution >= 4 is 154 Å². The maximum atomic E-state index is 8.58. The topological polar surface area (TPSA) is 285 Å². The Morgan fingerprint density at radius 3 is 0.310 bits per heavy atom. The van der Waals surface area contributed by atoms with Gasteiger partial charge in [-0.25, -0.2) is 0 Å². The molecular weight excluding hydrogens is 541 g/mol. The van der Waals surface area contributed by atoms with Crippen LogP contribution in [-0.4, -0.2) is 154 Å². The van der Waals surface area contributed by atoms with E-state index in [1.165, 1.54) is 0 Å². The van der Waals surface area contributed by atoms with Gasteiger partial charge in [0.1, 0.15) is 0 Å². The van der Waals surface area contributed by atoms with Crippen LogP contribution in [0.4, 0.5) is 0 Å². The number of hydrogen-bond donors (Lipinski definition) is 0. The van der Waals surface area contributed by atoms with Crippen LogP contribution in [0.3, 0.4) is 0 Å². The third kappa shape index (κ3) is 5.19. The third-order valence-electron chi connectivity index (χ3n) is 2.37. The first kappa shape index (κ1) is 39.3. The molecule has 0 aromatic rings. The number of hydrogen-bond acceptors (Lipinski definition) is 12. The van der Waals surface area contributed by atoms with Crippen LogP contribution in [0.25, 0.3) is 0 Å². The van der Waals surface area contributed by atoms with Gasteiger partial charge in [-0.05, 0) is 0 Å².